The zero-order valence-electron chi connectivity index (χ0n) is 48.5. The first kappa shape index (κ1) is 70.9. The van der Waals surface area contributed by atoms with Crippen LogP contribution in [0.4, 0.5) is 17.1 Å². The van der Waals surface area contributed by atoms with Gasteiger partial charge in [0.25, 0.3) is 29.1 Å². The first-order chi connectivity index (χ1) is 42.1. The van der Waals surface area contributed by atoms with Crippen molar-refractivity contribution >= 4 is 108 Å². The highest BCUT2D eigenvalue weighted by atomic mass is 79.9. The van der Waals surface area contributed by atoms with Gasteiger partial charge < -0.3 is 5.73 Å². The van der Waals surface area contributed by atoms with Crippen molar-refractivity contribution in [1.29, 1.82) is 0 Å². The van der Waals surface area contributed by atoms with E-state index in [1.54, 1.807) is 103 Å². The van der Waals surface area contributed by atoms with Crippen LogP contribution in [-0.2, 0) is 51.5 Å². The lowest BCUT2D eigenvalue weighted by atomic mass is 9.96. The van der Waals surface area contributed by atoms with Gasteiger partial charge in [0, 0.05) is 34.9 Å². The van der Waals surface area contributed by atoms with Crippen molar-refractivity contribution in [3.8, 4) is 22.3 Å². The summed E-state index contributed by atoms with van der Waals surface area (Å²) in [5.74, 6) is 0.0202. The lowest BCUT2D eigenvalue weighted by Crippen LogP contribution is -2.36. The van der Waals surface area contributed by atoms with E-state index in [1.165, 1.54) is 22.0 Å². The molecule has 10 rings (SSSR count). The molecule has 0 atom stereocenters. The molecular weight excluding hydrogens is 1290 g/mol. The van der Waals surface area contributed by atoms with E-state index >= 15 is 0 Å². The summed E-state index contributed by atoms with van der Waals surface area (Å²) in [5.41, 5.74) is 16.9. The number of Topliss-reactive ketones (excluding diaryl/α,β-unsaturated/α-hetero) is 2. The van der Waals surface area contributed by atoms with Crippen LogP contribution in [0.3, 0.4) is 0 Å². The third kappa shape index (κ3) is 24.0. The number of nitrogens with zero attached hydrogens (tertiary/aromatic N) is 1. The Balaban J connectivity index is 0.000000217. The molecule has 11 nitrogen and oxygen atoms in total. The van der Waals surface area contributed by atoms with Crippen molar-refractivity contribution in [2.75, 3.05) is 32.0 Å². The molecule has 18 heteroatoms. The molecule has 0 heterocycles. The molecule has 0 amide bonds. The average Bonchev–Trinajstić information content (AvgIpc) is 1.49. The molecule has 0 aromatic heterocycles. The minimum atomic E-state index is -3.90. The summed E-state index contributed by atoms with van der Waals surface area (Å²) >= 11 is 12.7. The fourth-order valence-corrected chi connectivity index (χ4v) is 11.7. The molecule has 0 spiro atoms. The molecule has 0 aliphatic carbocycles. The summed E-state index contributed by atoms with van der Waals surface area (Å²) < 4.78 is 75.8. The Morgan fingerprint density at radius 2 is 0.784 bits per heavy atom. The maximum Gasteiger partial charge on any atom is 0.264 e. The zero-order chi connectivity index (χ0) is 64.0. The predicted molar refractivity (Wildman–Crippen MR) is 367 cm³/mol. The number of alkyl halides is 3. The van der Waals surface area contributed by atoms with Crippen molar-refractivity contribution in [2.24, 2.45) is 0 Å². The second-order valence-corrected chi connectivity index (χ2v) is 26.8. The maximum absolute atomic E-state index is 13.5. The third-order valence-corrected chi connectivity index (χ3v) is 17.7. The second kappa shape index (κ2) is 36.4. The summed E-state index contributed by atoms with van der Waals surface area (Å²) in [7, 11) is -5.88. The monoisotopic (exact) mass is 1360 g/mol. The Morgan fingerprint density at radius 1 is 0.443 bits per heavy atom. The normalized spacial score (nSPS) is 10.6. The Kier molecular flexibility index (Phi) is 29.4. The number of nitrogens with two attached hydrogens (primary N) is 1. The SMILES string of the molecule is Cc1ccc(N(CC(=O)Cc2ccccc2-c2ccccc2)S(=O)(=O)c2ccccc2)cc1.Cc1ccc(N)cc1.Cc1ccc(NS(=O)(=O)c2ccccc2)cc1.ClCCl.O=C(CBr)Cc1ccccc1-c1ccccc1.O=S(=O)(Cl)c1ccccc1. The molecule has 0 unspecified atom stereocenters. The number of nitrogen functional groups attached to an aromatic ring is 1. The topological polar surface area (TPSA) is 178 Å². The molecule has 0 aliphatic heterocycles. The molecule has 0 radical (unpaired) electrons. The molecule has 0 saturated heterocycles. The van der Waals surface area contributed by atoms with E-state index in [0.29, 0.717) is 23.1 Å². The van der Waals surface area contributed by atoms with Crippen LogP contribution in [-0.4, -0.2) is 54.0 Å². The van der Waals surface area contributed by atoms with Crippen molar-refractivity contribution in [2.45, 2.75) is 48.3 Å². The van der Waals surface area contributed by atoms with E-state index in [-0.39, 0.29) is 44.6 Å². The fraction of sp³-hybridized carbons (Fsp3) is 0.114. The Bertz CT molecular complexity index is 4050. The summed E-state index contributed by atoms with van der Waals surface area (Å²) in [6, 6.07) is 82.4. The van der Waals surface area contributed by atoms with Gasteiger partial charge in [-0.25, -0.2) is 25.3 Å². The standard InChI is InChI=1S/C28H25NO3S.C15H13BrO.C13H13NO2S.C7H9N.C6H5ClO2S.CH2Cl2/c1-22-16-18-25(19-17-22)29(33(31,32)27-13-6-3-7-14-27)21-26(30)20-24-12-8-9-15-28(24)23-10-4-2-5-11-23;16-11-14(17)10-13-8-4-5-9-15(13)12-6-2-1-3-7-12;1-11-7-9-12(10-8-11)14-17(15,16)13-5-3-2-4-6-13;1-6-2-4-7(8)5-3-6;7-10(8,9)6-4-2-1-3-5-6;2-1-3/h2-19H,20-21H2,1H3;1-9H,10-11H2;2-10,14H,1H3;2-5H,8H2,1H3;1-5H;1H2. The van der Waals surface area contributed by atoms with Crippen LogP contribution >= 0.6 is 49.8 Å². The van der Waals surface area contributed by atoms with E-state index in [9.17, 15) is 34.8 Å². The number of carbonyl (C=O) groups is 2. The highest BCUT2D eigenvalue weighted by molar-refractivity contribution is 9.09. The highest BCUT2D eigenvalue weighted by Crippen LogP contribution is 2.28. The van der Waals surface area contributed by atoms with Crippen molar-refractivity contribution in [3.63, 3.8) is 0 Å². The summed E-state index contributed by atoms with van der Waals surface area (Å²) in [5, 5.41) is 0.607. The lowest BCUT2D eigenvalue weighted by molar-refractivity contribution is -0.117. The van der Waals surface area contributed by atoms with Crippen molar-refractivity contribution in [3.05, 3.63) is 301 Å². The molecule has 0 fully saturated rings. The molecule has 10 aromatic rings. The van der Waals surface area contributed by atoms with Gasteiger partial charge in [0.2, 0.25) is 0 Å². The number of halogens is 4. The predicted octanol–water partition coefficient (Wildman–Crippen LogP) is 16.9. The minimum absolute atomic E-state index is 0.136. The number of benzene rings is 10. The summed E-state index contributed by atoms with van der Waals surface area (Å²) in [6.07, 6.45) is 0.619. The van der Waals surface area contributed by atoms with Crippen LogP contribution < -0.4 is 14.8 Å². The number of aryl methyl sites for hydroxylation is 3. The third-order valence-electron chi connectivity index (χ3n) is 12.6. The summed E-state index contributed by atoms with van der Waals surface area (Å²) in [4.78, 5) is 25.3. The number of ketones is 2. The number of hydrogen-bond donors (Lipinski definition) is 2. The smallest absolute Gasteiger partial charge is 0.264 e. The van der Waals surface area contributed by atoms with E-state index in [2.05, 4.69) is 38.9 Å². The number of rotatable bonds is 16. The van der Waals surface area contributed by atoms with Gasteiger partial charge in [0.1, 0.15) is 5.78 Å². The maximum atomic E-state index is 13.5. The molecular formula is C70H67BrCl3N3O8S3. The van der Waals surface area contributed by atoms with Gasteiger partial charge in [-0.15, -0.1) is 23.2 Å². The number of hydrogen-bond acceptors (Lipinski definition) is 9. The van der Waals surface area contributed by atoms with Crippen LogP contribution in [0.5, 0.6) is 0 Å². The molecule has 0 aliphatic rings. The van der Waals surface area contributed by atoms with E-state index < -0.39 is 29.1 Å². The van der Waals surface area contributed by atoms with Gasteiger partial charge in [0.15, 0.2) is 5.78 Å². The first-order valence-corrected chi connectivity index (χ1v) is 34.7. The van der Waals surface area contributed by atoms with Gasteiger partial charge in [-0.3, -0.25) is 18.6 Å². The second-order valence-electron chi connectivity index (χ2n) is 19.3. The van der Waals surface area contributed by atoms with Crippen LogP contribution in [0, 0.1) is 20.8 Å². The molecule has 10 aromatic carbocycles. The summed E-state index contributed by atoms with van der Waals surface area (Å²) in [6.45, 7) is 5.68. The largest absolute Gasteiger partial charge is 0.399 e. The fourth-order valence-electron chi connectivity index (χ4n) is 8.17. The van der Waals surface area contributed by atoms with Crippen LogP contribution in [0.1, 0.15) is 27.8 Å². The molecule has 3 N–H and O–H groups in total. The van der Waals surface area contributed by atoms with Crippen LogP contribution in [0.15, 0.2) is 288 Å². The van der Waals surface area contributed by atoms with Gasteiger partial charge >= 0.3 is 0 Å². The molecule has 456 valence electrons. The quantitative estimate of drug-likeness (QED) is 0.0541. The molecule has 0 bridgehead atoms. The van der Waals surface area contributed by atoms with E-state index in [0.717, 1.165) is 50.2 Å². The van der Waals surface area contributed by atoms with Crippen molar-refractivity contribution in [1.82, 2.24) is 0 Å². The Hall–Kier alpha value is -7.86. The average molecular weight is 1360 g/mol. The zero-order valence-corrected chi connectivity index (χ0v) is 54.8. The number of anilines is 3. The van der Waals surface area contributed by atoms with Crippen molar-refractivity contribution < 1.29 is 34.8 Å². The van der Waals surface area contributed by atoms with E-state index in [1.807, 2.05) is 160 Å². The van der Waals surface area contributed by atoms with Gasteiger partial charge in [-0.2, -0.15) is 0 Å². The van der Waals surface area contributed by atoms with Crippen LogP contribution in [0.2, 0.25) is 0 Å². The molecule has 0 saturated carbocycles. The first-order valence-electron chi connectivity index (χ1n) is 27.2. The highest BCUT2D eigenvalue weighted by Gasteiger charge is 2.27. The Morgan fingerprint density at radius 3 is 1.17 bits per heavy atom. The van der Waals surface area contributed by atoms with E-state index in [4.69, 9.17) is 39.6 Å². The van der Waals surface area contributed by atoms with Gasteiger partial charge in [-0.05, 0) is 127 Å². The number of nitrogens with one attached hydrogen (secondary N) is 1. The lowest BCUT2D eigenvalue weighted by Gasteiger charge is -2.24. The van der Waals surface area contributed by atoms with Crippen LogP contribution in [0.25, 0.3) is 22.3 Å². The minimum Gasteiger partial charge on any atom is -0.399 e. The van der Waals surface area contributed by atoms with Gasteiger partial charge in [0.05, 0.1) is 37.6 Å². The van der Waals surface area contributed by atoms with Gasteiger partial charge in [-0.1, -0.05) is 233 Å². The number of sulfonamides is 2. The Labute approximate surface area is 541 Å². The number of carbonyl (C=O) groups excluding carboxylic acids is 2. The molecule has 88 heavy (non-hydrogen) atoms.